The second kappa shape index (κ2) is 4.28. The summed E-state index contributed by atoms with van der Waals surface area (Å²) in [6.07, 6.45) is 0. The van der Waals surface area contributed by atoms with E-state index >= 15 is 0 Å². The van der Waals surface area contributed by atoms with Crippen LogP contribution in [0.15, 0.2) is 24.3 Å². The molecule has 0 heterocycles. The van der Waals surface area contributed by atoms with Crippen molar-refractivity contribution in [2.24, 2.45) is 11.7 Å². The van der Waals surface area contributed by atoms with Gasteiger partial charge in [0, 0.05) is 5.92 Å². The first-order chi connectivity index (χ1) is 6.16. The number of nitrogens with two attached hydrogens (primary N) is 1. The minimum atomic E-state index is 0.251. The van der Waals surface area contributed by atoms with Gasteiger partial charge in [0.2, 0.25) is 0 Å². The van der Waals surface area contributed by atoms with Gasteiger partial charge in [-0.05, 0) is 24.1 Å². The Kier molecular flexibility index (Phi) is 3.32. The Hall–Kier alpha value is -1.02. The standard InChI is InChI=1S/C11H17NO/c1-8(2)10(7-12)9-5-3-4-6-11(9)13/h3-6,8,10,13H,7,12H2,1-2H3. The average Bonchev–Trinajstić information content (AvgIpc) is 2.09. The van der Waals surface area contributed by atoms with Gasteiger partial charge in [0.25, 0.3) is 0 Å². The Morgan fingerprint density at radius 1 is 1.31 bits per heavy atom. The second-order valence-electron chi connectivity index (χ2n) is 3.65. The zero-order valence-electron chi connectivity index (χ0n) is 8.20. The maximum absolute atomic E-state index is 9.61. The molecule has 1 unspecified atom stereocenters. The van der Waals surface area contributed by atoms with Gasteiger partial charge >= 0.3 is 0 Å². The molecule has 72 valence electrons. The lowest BCUT2D eigenvalue weighted by molar-refractivity contribution is 0.438. The summed E-state index contributed by atoms with van der Waals surface area (Å²) in [6, 6.07) is 7.40. The van der Waals surface area contributed by atoms with Gasteiger partial charge in [-0.15, -0.1) is 0 Å². The van der Waals surface area contributed by atoms with Crippen LogP contribution in [0.1, 0.15) is 25.3 Å². The highest BCUT2D eigenvalue weighted by Gasteiger charge is 2.16. The smallest absolute Gasteiger partial charge is 0.119 e. The van der Waals surface area contributed by atoms with Gasteiger partial charge in [-0.1, -0.05) is 32.0 Å². The van der Waals surface area contributed by atoms with Crippen LogP contribution in [-0.2, 0) is 0 Å². The maximum atomic E-state index is 9.61. The number of hydrogen-bond donors (Lipinski definition) is 2. The van der Waals surface area contributed by atoms with Crippen molar-refractivity contribution in [3.8, 4) is 5.75 Å². The molecule has 0 spiro atoms. The molecule has 0 radical (unpaired) electrons. The van der Waals surface area contributed by atoms with E-state index in [0.29, 0.717) is 18.2 Å². The van der Waals surface area contributed by atoms with Gasteiger partial charge in [-0.2, -0.15) is 0 Å². The van der Waals surface area contributed by atoms with E-state index in [-0.39, 0.29) is 5.92 Å². The fraction of sp³-hybridized carbons (Fsp3) is 0.455. The highest BCUT2D eigenvalue weighted by molar-refractivity contribution is 5.35. The SMILES string of the molecule is CC(C)C(CN)c1ccccc1O. The van der Waals surface area contributed by atoms with E-state index in [0.717, 1.165) is 5.56 Å². The van der Waals surface area contributed by atoms with Crippen LogP contribution < -0.4 is 5.73 Å². The molecule has 2 heteroatoms. The fourth-order valence-electron chi connectivity index (χ4n) is 1.56. The largest absolute Gasteiger partial charge is 0.508 e. The van der Waals surface area contributed by atoms with Crippen LogP contribution in [0.2, 0.25) is 0 Å². The minimum Gasteiger partial charge on any atom is -0.508 e. The number of aromatic hydroxyl groups is 1. The van der Waals surface area contributed by atoms with Crippen LogP contribution >= 0.6 is 0 Å². The van der Waals surface area contributed by atoms with Crippen LogP contribution in [0, 0.1) is 5.92 Å². The fourth-order valence-corrected chi connectivity index (χ4v) is 1.56. The zero-order chi connectivity index (χ0) is 9.84. The maximum Gasteiger partial charge on any atom is 0.119 e. The van der Waals surface area contributed by atoms with Gasteiger partial charge in [-0.3, -0.25) is 0 Å². The molecule has 0 aliphatic carbocycles. The van der Waals surface area contributed by atoms with E-state index in [2.05, 4.69) is 13.8 Å². The molecule has 0 saturated carbocycles. The van der Waals surface area contributed by atoms with Crippen molar-refractivity contribution in [2.45, 2.75) is 19.8 Å². The first-order valence-corrected chi connectivity index (χ1v) is 4.64. The molecular weight excluding hydrogens is 162 g/mol. The van der Waals surface area contributed by atoms with E-state index in [1.807, 2.05) is 18.2 Å². The molecule has 0 aliphatic rings. The molecule has 1 atom stereocenters. The number of benzene rings is 1. The summed E-state index contributed by atoms with van der Waals surface area (Å²) < 4.78 is 0. The van der Waals surface area contributed by atoms with Crippen LogP contribution in [-0.4, -0.2) is 11.7 Å². The number of para-hydroxylation sites is 1. The van der Waals surface area contributed by atoms with Gasteiger partial charge in [0.1, 0.15) is 5.75 Å². The van der Waals surface area contributed by atoms with Crippen LogP contribution in [0.3, 0.4) is 0 Å². The molecule has 2 nitrogen and oxygen atoms in total. The Bertz CT molecular complexity index is 271. The summed E-state index contributed by atoms with van der Waals surface area (Å²) in [6.45, 7) is 4.81. The Balaban J connectivity index is 2.97. The number of hydrogen-bond acceptors (Lipinski definition) is 2. The van der Waals surface area contributed by atoms with Crippen molar-refractivity contribution < 1.29 is 5.11 Å². The number of phenols is 1. The van der Waals surface area contributed by atoms with Crippen LogP contribution in [0.5, 0.6) is 5.75 Å². The predicted molar refractivity (Wildman–Crippen MR) is 54.7 cm³/mol. The third kappa shape index (κ3) is 2.22. The van der Waals surface area contributed by atoms with Gasteiger partial charge < -0.3 is 10.8 Å². The Morgan fingerprint density at radius 2 is 1.92 bits per heavy atom. The summed E-state index contributed by atoms with van der Waals surface area (Å²) in [5, 5.41) is 9.61. The molecular formula is C11H17NO. The lowest BCUT2D eigenvalue weighted by Gasteiger charge is -2.19. The molecule has 0 fully saturated rings. The molecule has 0 aliphatic heterocycles. The first-order valence-electron chi connectivity index (χ1n) is 4.64. The molecule has 0 bridgehead atoms. The molecule has 1 aromatic rings. The minimum absolute atomic E-state index is 0.251. The van der Waals surface area contributed by atoms with Crippen molar-refractivity contribution in [3.63, 3.8) is 0 Å². The van der Waals surface area contributed by atoms with Crippen molar-refractivity contribution >= 4 is 0 Å². The van der Waals surface area contributed by atoms with E-state index in [1.54, 1.807) is 6.07 Å². The van der Waals surface area contributed by atoms with Crippen molar-refractivity contribution in [1.82, 2.24) is 0 Å². The molecule has 3 N–H and O–H groups in total. The molecule has 1 rings (SSSR count). The average molecular weight is 179 g/mol. The third-order valence-electron chi connectivity index (χ3n) is 2.39. The third-order valence-corrected chi connectivity index (χ3v) is 2.39. The van der Waals surface area contributed by atoms with E-state index in [4.69, 9.17) is 5.73 Å². The molecule has 13 heavy (non-hydrogen) atoms. The Labute approximate surface area is 79.4 Å². The van der Waals surface area contributed by atoms with Gasteiger partial charge in [0.05, 0.1) is 0 Å². The number of phenolic OH excluding ortho intramolecular Hbond substituents is 1. The lowest BCUT2D eigenvalue weighted by atomic mass is 9.88. The summed E-state index contributed by atoms with van der Waals surface area (Å²) >= 11 is 0. The summed E-state index contributed by atoms with van der Waals surface area (Å²) in [7, 11) is 0. The molecule has 0 saturated heterocycles. The normalized spacial score (nSPS) is 13.2. The van der Waals surface area contributed by atoms with E-state index in [9.17, 15) is 5.11 Å². The highest BCUT2D eigenvalue weighted by Crippen LogP contribution is 2.29. The predicted octanol–water partition coefficient (Wildman–Crippen LogP) is 2.09. The second-order valence-corrected chi connectivity index (χ2v) is 3.65. The molecule has 1 aromatic carbocycles. The zero-order valence-corrected chi connectivity index (χ0v) is 8.20. The monoisotopic (exact) mass is 179 g/mol. The lowest BCUT2D eigenvalue weighted by Crippen LogP contribution is -2.17. The van der Waals surface area contributed by atoms with E-state index in [1.165, 1.54) is 0 Å². The van der Waals surface area contributed by atoms with Crippen LogP contribution in [0.25, 0.3) is 0 Å². The van der Waals surface area contributed by atoms with Crippen molar-refractivity contribution in [3.05, 3.63) is 29.8 Å². The number of rotatable bonds is 3. The van der Waals surface area contributed by atoms with E-state index < -0.39 is 0 Å². The molecule has 0 aromatic heterocycles. The summed E-state index contributed by atoms with van der Waals surface area (Å²) in [5.41, 5.74) is 6.62. The highest BCUT2D eigenvalue weighted by atomic mass is 16.3. The quantitative estimate of drug-likeness (QED) is 0.746. The van der Waals surface area contributed by atoms with Gasteiger partial charge in [-0.25, -0.2) is 0 Å². The van der Waals surface area contributed by atoms with Crippen molar-refractivity contribution in [2.75, 3.05) is 6.54 Å². The summed E-state index contributed by atoms with van der Waals surface area (Å²) in [5.74, 6) is 1.06. The van der Waals surface area contributed by atoms with Crippen LogP contribution in [0.4, 0.5) is 0 Å². The molecule has 0 amide bonds. The Morgan fingerprint density at radius 3 is 2.38 bits per heavy atom. The topological polar surface area (TPSA) is 46.2 Å². The first kappa shape index (κ1) is 10.1. The summed E-state index contributed by atoms with van der Waals surface area (Å²) in [4.78, 5) is 0. The van der Waals surface area contributed by atoms with Crippen molar-refractivity contribution in [1.29, 1.82) is 0 Å². The van der Waals surface area contributed by atoms with Gasteiger partial charge in [0.15, 0.2) is 0 Å².